The molecular formula is C11H15N3O4S2. The molecule has 1 saturated heterocycles. The Hall–Kier alpha value is -1.32. The first kappa shape index (κ1) is 15.1. The van der Waals surface area contributed by atoms with E-state index in [1.54, 1.807) is 11.8 Å². The predicted octanol–water partition coefficient (Wildman–Crippen LogP) is 1.42. The number of rotatable bonds is 5. The van der Waals surface area contributed by atoms with Crippen molar-refractivity contribution in [1.82, 2.24) is 4.72 Å². The van der Waals surface area contributed by atoms with Crippen molar-refractivity contribution in [3.05, 3.63) is 28.3 Å². The SMILES string of the molecule is CNc1cccc(S(=O)(=O)NC2CCSC2)c1[N+](=O)[O-]. The molecule has 0 radical (unpaired) electrons. The number of nitrogens with one attached hydrogen (secondary N) is 2. The first-order chi connectivity index (χ1) is 9.45. The number of nitrogens with zero attached hydrogens (tertiary/aromatic N) is 1. The van der Waals surface area contributed by atoms with Gasteiger partial charge in [0.05, 0.1) is 4.92 Å². The smallest absolute Gasteiger partial charge is 0.312 e. The van der Waals surface area contributed by atoms with Crippen molar-refractivity contribution in [1.29, 1.82) is 0 Å². The van der Waals surface area contributed by atoms with Gasteiger partial charge in [0.15, 0.2) is 4.90 Å². The van der Waals surface area contributed by atoms with Crippen molar-refractivity contribution in [2.45, 2.75) is 17.4 Å². The average molecular weight is 317 g/mol. The van der Waals surface area contributed by atoms with E-state index in [1.807, 2.05) is 0 Å². The summed E-state index contributed by atoms with van der Waals surface area (Å²) in [6.07, 6.45) is 0.739. The van der Waals surface area contributed by atoms with E-state index in [1.165, 1.54) is 25.2 Å². The molecule has 1 aliphatic rings. The van der Waals surface area contributed by atoms with Gasteiger partial charge >= 0.3 is 5.69 Å². The summed E-state index contributed by atoms with van der Waals surface area (Å²) < 4.78 is 27.2. The van der Waals surface area contributed by atoms with Crippen LogP contribution in [0.5, 0.6) is 0 Å². The molecule has 0 spiro atoms. The van der Waals surface area contributed by atoms with Crippen LogP contribution in [0.4, 0.5) is 11.4 Å². The molecule has 0 saturated carbocycles. The van der Waals surface area contributed by atoms with Crippen molar-refractivity contribution in [3.63, 3.8) is 0 Å². The van der Waals surface area contributed by atoms with E-state index in [4.69, 9.17) is 0 Å². The second-order valence-electron chi connectivity index (χ2n) is 4.34. The summed E-state index contributed by atoms with van der Waals surface area (Å²) in [6.45, 7) is 0. The molecule has 110 valence electrons. The first-order valence-corrected chi connectivity index (χ1v) is 8.64. The maximum Gasteiger partial charge on any atom is 0.312 e. The van der Waals surface area contributed by atoms with Gasteiger partial charge in [-0.25, -0.2) is 13.1 Å². The van der Waals surface area contributed by atoms with E-state index in [2.05, 4.69) is 10.0 Å². The zero-order valence-electron chi connectivity index (χ0n) is 10.8. The number of para-hydroxylation sites is 1. The van der Waals surface area contributed by atoms with E-state index in [-0.39, 0.29) is 16.6 Å². The fraction of sp³-hybridized carbons (Fsp3) is 0.455. The average Bonchev–Trinajstić information content (AvgIpc) is 2.89. The van der Waals surface area contributed by atoms with E-state index in [9.17, 15) is 18.5 Å². The lowest BCUT2D eigenvalue weighted by atomic mass is 10.3. The lowest BCUT2D eigenvalue weighted by Gasteiger charge is -2.13. The van der Waals surface area contributed by atoms with Gasteiger partial charge in [0, 0.05) is 18.8 Å². The normalized spacial score (nSPS) is 18.9. The summed E-state index contributed by atoms with van der Waals surface area (Å²) in [6, 6.07) is 4.05. The zero-order chi connectivity index (χ0) is 14.8. The van der Waals surface area contributed by atoms with Gasteiger partial charge in [-0.2, -0.15) is 11.8 Å². The van der Waals surface area contributed by atoms with E-state index < -0.39 is 20.6 Å². The van der Waals surface area contributed by atoms with Crippen LogP contribution in [0, 0.1) is 10.1 Å². The van der Waals surface area contributed by atoms with Crippen LogP contribution in [0.2, 0.25) is 0 Å². The van der Waals surface area contributed by atoms with Gasteiger partial charge in [-0.15, -0.1) is 0 Å². The Morgan fingerprint density at radius 1 is 1.45 bits per heavy atom. The first-order valence-electron chi connectivity index (χ1n) is 6.01. The van der Waals surface area contributed by atoms with Crippen molar-refractivity contribution in [3.8, 4) is 0 Å². The molecule has 9 heteroatoms. The van der Waals surface area contributed by atoms with Gasteiger partial charge in [-0.3, -0.25) is 10.1 Å². The van der Waals surface area contributed by atoms with Crippen LogP contribution in [0.3, 0.4) is 0 Å². The highest BCUT2D eigenvalue weighted by Crippen LogP contribution is 2.32. The second-order valence-corrected chi connectivity index (χ2v) is 7.17. The number of thioether (sulfide) groups is 1. The van der Waals surface area contributed by atoms with Crippen LogP contribution in [0.1, 0.15) is 6.42 Å². The highest BCUT2D eigenvalue weighted by atomic mass is 32.2. The summed E-state index contributed by atoms with van der Waals surface area (Å²) in [5, 5.41) is 13.8. The van der Waals surface area contributed by atoms with Crippen LogP contribution in [-0.4, -0.2) is 37.9 Å². The molecule has 1 aromatic rings. The van der Waals surface area contributed by atoms with Gasteiger partial charge in [0.1, 0.15) is 5.69 Å². The number of benzene rings is 1. The van der Waals surface area contributed by atoms with Crippen molar-refractivity contribution in [2.75, 3.05) is 23.9 Å². The van der Waals surface area contributed by atoms with E-state index in [0.29, 0.717) is 5.75 Å². The molecule has 2 rings (SSSR count). The van der Waals surface area contributed by atoms with Gasteiger partial charge in [0.2, 0.25) is 10.0 Å². The Bertz CT molecular complexity index is 612. The summed E-state index contributed by atoms with van der Waals surface area (Å²) in [5.41, 5.74) is -0.244. The quantitative estimate of drug-likeness (QED) is 0.629. The summed E-state index contributed by atoms with van der Waals surface area (Å²) >= 11 is 1.66. The summed E-state index contributed by atoms with van der Waals surface area (Å²) in [7, 11) is -2.38. The highest BCUT2D eigenvalue weighted by molar-refractivity contribution is 7.99. The van der Waals surface area contributed by atoms with Crippen LogP contribution >= 0.6 is 11.8 Å². The molecule has 0 aliphatic carbocycles. The van der Waals surface area contributed by atoms with E-state index in [0.717, 1.165) is 12.2 Å². The van der Waals surface area contributed by atoms with Crippen LogP contribution in [-0.2, 0) is 10.0 Å². The number of anilines is 1. The maximum atomic E-state index is 12.3. The van der Waals surface area contributed by atoms with E-state index >= 15 is 0 Å². The molecule has 7 nitrogen and oxygen atoms in total. The zero-order valence-corrected chi connectivity index (χ0v) is 12.5. The topological polar surface area (TPSA) is 101 Å². The Balaban J connectivity index is 2.42. The summed E-state index contributed by atoms with van der Waals surface area (Å²) in [4.78, 5) is 10.2. The molecule has 0 aromatic heterocycles. The molecule has 0 amide bonds. The third-order valence-corrected chi connectivity index (χ3v) is 5.71. The molecule has 1 aliphatic heterocycles. The van der Waals surface area contributed by atoms with Gasteiger partial charge in [-0.05, 0) is 24.3 Å². The lowest BCUT2D eigenvalue weighted by Crippen LogP contribution is -2.35. The van der Waals surface area contributed by atoms with Crippen molar-refractivity contribution < 1.29 is 13.3 Å². The third kappa shape index (κ3) is 3.05. The minimum atomic E-state index is -3.90. The fourth-order valence-corrected chi connectivity index (χ4v) is 4.76. The number of nitro benzene ring substituents is 1. The molecule has 1 unspecified atom stereocenters. The third-order valence-electron chi connectivity index (χ3n) is 2.99. The van der Waals surface area contributed by atoms with Gasteiger partial charge in [0.25, 0.3) is 0 Å². The fourth-order valence-electron chi connectivity index (χ4n) is 2.04. The van der Waals surface area contributed by atoms with Gasteiger partial charge in [-0.1, -0.05) is 6.07 Å². The Kier molecular flexibility index (Phi) is 4.51. The number of hydrogen-bond acceptors (Lipinski definition) is 6. The van der Waals surface area contributed by atoms with Crippen molar-refractivity contribution >= 4 is 33.2 Å². The molecule has 2 N–H and O–H groups in total. The number of nitro groups is 1. The number of sulfonamides is 1. The minimum absolute atomic E-state index is 0.164. The van der Waals surface area contributed by atoms with Crippen LogP contribution in [0.25, 0.3) is 0 Å². The largest absolute Gasteiger partial charge is 0.383 e. The molecular weight excluding hydrogens is 302 g/mol. The monoisotopic (exact) mass is 317 g/mol. The molecule has 1 heterocycles. The highest BCUT2D eigenvalue weighted by Gasteiger charge is 2.31. The molecule has 1 aromatic carbocycles. The molecule has 20 heavy (non-hydrogen) atoms. The Morgan fingerprint density at radius 3 is 2.75 bits per heavy atom. The Labute approximate surface area is 121 Å². The molecule has 1 atom stereocenters. The Morgan fingerprint density at radius 2 is 2.20 bits per heavy atom. The maximum absolute atomic E-state index is 12.3. The van der Waals surface area contributed by atoms with Gasteiger partial charge < -0.3 is 5.32 Å². The van der Waals surface area contributed by atoms with Crippen molar-refractivity contribution in [2.24, 2.45) is 0 Å². The van der Waals surface area contributed by atoms with Crippen LogP contribution in [0.15, 0.2) is 23.1 Å². The summed E-state index contributed by atoms with van der Waals surface area (Å²) in [5.74, 6) is 1.59. The minimum Gasteiger partial charge on any atom is -0.383 e. The molecule has 0 bridgehead atoms. The predicted molar refractivity (Wildman–Crippen MR) is 78.7 cm³/mol. The number of hydrogen-bond donors (Lipinski definition) is 2. The second kappa shape index (κ2) is 5.98. The van der Waals surface area contributed by atoms with Crippen LogP contribution < -0.4 is 10.0 Å². The standard InChI is InChI=1S/C11H15N3O4S2/c1-12-9-3-2-4-10(11(9)14(15)16)20(17,18)13-8-5-6-19-7-8/h2-4,8,12-13H,5-7H2,1H3. The molecule has 1 fully saturated rings. The lowest BCUT2D eigenvalue weighted by molar-refractivity contribution is -0.386.